The van der Waals surface area contributed by atoms with Crippen LogP contribution in [-0.4, -0.2) is 53.6 Å². The lowest BCUT2D eigenvalue weighted by Gasteiger charge is -2.63. The number of piperidine rings is 1. The van der Waals surface area contributed by atoms with Crippen molar-refractivity contribution < 1.29 is 24.1 Å². The molecule has 40 heavy (non-hydrogen) atoms. The lowest BCUT2D eigenvalue weighted by atomic mass is 9.48. The molecule has 1 aromatic rings. The fourth-order valence-corrected chi connectivity index (χ4v) is 8.33. The first-order valence-corrected chi connectivity index (χ1v) is 16.3. The summed E-state index contributed by atoms with van der Waals surface area (Å²) < 4.78 is 17.8. The number of hydrogen-bond donors (Lipinski definition) is 1. The van der Waals surface area contributed by atoms with Crippen LogP contribution >= 0.6 is 0 Å². The second-order valence-corrected chi connectivity index (χ2v) is 13.3. The summed E-state index contributed by atoms with van der Waals surface area (Å²) >= 11 is 0. The number of hydrogen-bond acceptors (Lipinski definition) is 6. The molecule has 1 spiro atoms. The van der Waals surface area contributed by atoms with E-state index >= 15 is 0 Å². The molecule has 2 saturated carbocycles. The largest absolute Gasteiger partial charge is 0.513 e. The minimum atomic E-state index is -0.862. The Kier molecular flexibility index (Phi) is 8.20. The minimum absolute atomic E-state index is 0.0947. The van der Waals surface area contributed by atoms with Crippen LogP contribution in [0.3, 0.4) is 0 Å². The number of unbranched alkanes of at least 4 members (excludes halogenated alkanes) is 9. The van der Waals surface area contributed by atoms with Crippen LogP contribution in [0, 0.1) is 5.92 Å². The molecule has 0 amide bonds. The van der Waals surface area contributed by atoms with Gasteiger partial charge in [0.05, 0.1) is 17.6 Å². The maximum atomic E-state index is 12.7. The van der Waals surface area contributed by atoms with Gasteiger partial charge in [-0.15, -0.1) is 0 Å². The van der Waals surface area contributed by atoms with E-state index < -0.39 is 17.2 Å². The number of carbonyl (C=O) groups is 1. The van der Waals surface area contributed by atoms with Crippen LogP contribution in [0.4, 0.5) is 4.79 Å². The summed E-state index contributed by atoms with van der Waals surface area (Å²) in [6.45, 7) is 9.05. The average Bonchev–Trinajstić information content (AvgIpc) is 3.68. The van der Waals surface area contributed by atoms with E-state index in [-0.39, 0.29) is 12.1 Å². The van der Waals surface area contributed by atoms with Gasteiger partial charge in [-0.2, -0.15) is 0 Å². The van der Waals surface area contributed by atoms with E-state index in [1.165, 1.54) is 69.8 Å². The van der Waals surface area contributed by atoms with Crippen molar-refractivity contribution in [3.63, 3.8) is 0 Å². The fraction of sp³-hybridized carbons (Fsp3) is 0.735. The number of aliphatic hydroxyl groups is 1. The summed E-state index contributed by atoms with van der Waals surface area (Å²) in [7, 11) is 0. The van der Waals surface area contributed by atoms with Gasteiger partial charge in [0.15, 0.2) is 11.5 Å². The molecule has 6 rings (SSSR count). The van der Waals surface area contributed by atoms with Gasteiger partial charge in [0.2, 0.25) is 0 Å². The normalized spacial score (nSPS) is 30.1. The molecule has 3 fully saturated rings. The van der Waals surface area contributed by atoms with Gasteiger partial charge in [-0.3, -0.25) is 4.90 Å². The van der Waals surface area contributed by atoms with Crippen LogP contribution in [0.5, 0.6) is 11.5 Å². The van der Waals surface area contributed by atoms with Crippen molar-refractivity contribution in [1.82, 2.24) is 4.90 Å². The Morgan fingerprint density at radius 2 is 1.80 bits per heavy atom. The SMILES string of the molecule is C=C1CC[C@@]2(O)C3Cc4ccc(OC(=O)OCCCCCCCCCCCC)c5c4[C@@]2(CCN3CC2CC2)[C@H]1O5. The lowest BCUT2D eigenvalue weighted by Crippen LogP contribution is -2.75. The van der Waals surface area contributed by atoms with E-state index in [1.54, 1.807) is 0 Å². The van der Waals surface area contributed by atoms with Gasteiger partial charge in [-0.05, 0) is 74.6 Å². The second kappa shape index (κ2) is 11.7. The molecule has 6 heteroatoms. The lowest BCUT2D eigenvalue weighted by molar-refractivity contribution is -0.174. The average molecular weight is 552 g/mol. The number of likely N-dealkylation sites (tertiary alicyclic amines) is 1. The Labute approximate surface area is 240 Å². The van der Waals surface area contributed by atoms with Crippen LogP contribution in [-0.2, 0) is 16.6 Å². The van der Waals surface area contributed by atoms with Crippen LogP contribution < -0.4 is 9.47 Å². The number of carbonyl (C=O) groups excluding carboxylic acids is 1. The third-order valence-corrected chi connectivity index (χ3v) is 10.6. The zero-order valence-electron chi connectivity index (χ0n) is 24.6. The second-order valence-electron chi connectivity index (χ2n) is 13.3. The molecule has 1 saturated heterocycles. The molecule has 5 aliphatic rings. The standard InChI is InChI=1S/C34H49NO5/c1-3-4-5-6-7-8-9-10-11-12-21-38-32(36)39-27-16-15-26-22-28-34(37)18-17-24(2)31-33(34,29(26)30(27)40-31)19-20-35(28)23-25-13-14-25/h15-16,25,28,31,37H,2-14,17-23H2,1H3/t28?,31-,33-,34+/m0/s1. The van der Waals surface area contributed by atoms with Crippen molar-refractivity contribution in [3.8, 4) is 11.5 Å². The predicted octanol–water partition coefficient (Wildman–Crippen LogP) is 7.24. The molecule has 220 valence electrons. The van der Waals surface area contributed by atoms with Crippen LogP contribution in [0.15, 0.2) is 24.3 Å². The number of benzene rings is 1. The molecule has 2 bridgehead atoms. The quantitative estimate of drug-likeness (QED) is 0.114. The summed E-state index contributed by atoms with van der Waals surface area (Å²) in [5.41, 5.74) is 1.93. The van der Waals surface area contributed by atoms with Gasteiger partial charge in [-0.25, -0.2) is 4.79 Å². The zero-order chi connectivity index (χ0) is 27.7. The molecule has 2 aliphatic heterocycles. The summed E-state index contributed by atoms with van der Waals surface area (Å²) in [5.74, 6) is 1.81. The molecule has 1 aromatic carbocycles. The number of rotatable bonds is 14. The fourth-order valence-electron chi connectivity index (χ4n) is 8.33. The Morgan fingerprint density at radius 3 is 2.52 bits per heavy atom. The number of ether oxygens (including phenoxy) is 3. The first kappa shape index (κ1) is 28.1. The van der Waals surface area contributed by atoms with E-state index in [4.69, 9.17) is 14.2 Å². The van der Waals surface area contributed by atoms with Crippen molar-refractivity contribution in [1.29, 1.82) is 0 Å². The van der Waals surface area contributed by atoms with Gasteiger partial charge in [0.25, 0.3) is 0 Å². The maximum Gasteiger partial charge on any atom is 0.513 e. The van der Waals surface area contributed by atoms with Crippen molar-refractivity contribution >= 4 is 6.16 Å². The first-order chi connectivity index (χ1) is 19.5. The minimum Gasteiger partial charge on any atom is -0.481 e. The van der Waals surface area contributed by atoms with Crippen molar-refractivity contribution in [3.05, 3.63) is 35.4 Å². The molecule has 4 atom stereocenters. The topological polar surface area (TPSA) is 68.2 Å². The zero-order valence-corrected chi connectivity index (χ0v) is 24.6. The van der Waals surface area contributed by atoms with E-state index in [0.717, 1.165) is 62.2 Å². The van der Waals surface area contributed by atoms with Gasteiger partial charge in [-0.1, -0.05) is 77.4 Å². The molecular formula is C34H49NO5. The molecule has 6 nitrogen and oxygen atoms in total. The Morgan fingerprint density at radius 1 is 1.07 bits per heavy atom. The number of nitrogens with zero attached hydrogens (tertiary/aromatic N) is 1. The van der Waals surface area contributed by atoms with Gasteiger partial charge < -0.3 is 19.3 Å². The Balaban J connectivity index is 1.07. The van der Waals surface area contributed by atoms with Gasteiger partial charge >= 0.3 is 6.16 Å². The molecule has 0 aromatic heterocycles. The molecule has 1 unspecified atom stereocenters. The van der Waals surface area contributed by atoms with E-state index in [1.807, 2.05) is 6.07 Å². The molecule has 2 heterocycles. The predicted molar refractivity (Wildman–Crippen MR) is 156 cm³/mol. The molecular weight excluding hydrogens is 502 g/mol. The van der Waals surface area contributed by atoms with Crippen molar-refractivity contribution in [2.45, 2.75) is 133 Å². The first-order valence-electron chi connectivity index (χ1n) is 16.3. The smallest absolute Gasteiger partial charge is 0.481 e. The third kappa shape index (κ3) is 4.98. The highest BCUT2D eigenvalue weighted by Crippen LogP contribution is 2.66. The van der Waals surface area contributed by atoms with E-state index in [0.29, 0.717) is 24.5 Å². The van der Waals surface area contributed by atoms with E-state index in [9.17, 15) is 9.90 Å². The van der Waals surface area contributed by atoms with Gasteiger partial charge in [0.1, 0.15) is 6.10 Å². The van der Waals surface area contributed by atoms with E-state index in [2.05, 4.69) is 24.5 Å². The summed E-state index contributed by atoms with van der Waals surface area (Å²) in [5, 5.41) is 12.5. The molecule has 3 aliphatic carbocycles. The highest BCUT2D eigenvalue weighted by molar-refractivity contribution is 5.70. The Bertz CT molecular complexity index is 1100. The van der Waals surface area contributed by atoms with Crippen LogP contribution in [0.25, 0.3) is 0 Å². The Hall–Kier alpha value is -2.05. The van der Waals surface area contributed by atoms with Crippen molar-refractivity contribution in [2.75, 3.05) is 19.7 Å². The van der Waals surface area contributed by atoms with Crippen molar-refractivity contribution in [2.24, 2.45) is 5.92 Å². The highest BCUT2D eigenvalue weighted by atomic mass is 16.7. The third-order valence-electron chi connectivity index (χ3n) is 10.6. The van der Waals surface area contributed by atoms with Crippen LogP contribution in [0.2, 0.25) is 0 Å². The highest BCUT2D eigenvalue weighted by Gasteiger charge is 2.72. The molecule has 0 radical (unpaired) electrons. The van der Waals surface area contributed by atoms with Crippen LogP contribution in [0.1, 0.15) is 114 Å². The maximum absolute atomic E-state index is 12.7. The molecule has 1 N–H and O–H groups in total. The summed E-state index contributed by atoms with van der Waals surface area (Å²) in [6, 6.07) is 4.04. The monoisotopic (exact) mass is 551 g/mol. The summed E-state index contributed by atoms with van der Waals surface area (Å²) in [4.78, 5) is 15.2. The van der Waals surface area contributed by atoms with Gasteiger partial charge in [0, 0.05) is 18.2 Å². The summed E-state index contributed by atoms with van der Waals surface area (Å²) in [6.07, 6.45) is 17.1.